The quantitative estimate of drug-likeness (QED) is 0.907. The molecule has 1 aromatic heterocycles. The van der Waals surface area contributed by atoms with E-state index in [0.29, 0.717) is 24.8 Å². The Hall–Kier alpha value is -1.89. The number of ether oxygens (including phenoxy) is 1. The van der Waals surface area contributed by atoms with Crippen LogP contribution in [0.2, 0.25) is 0 Å². The number of carbonyl (C=O) groups excluding carboxylic acids is 1. The van der Waals surface area contributed by atoms with Gasteiger partial charge in [0.2, 0.25) is 0 Å². The third-order valence-electron chi connectivity index (χ3n) is 4.49. The Balaban J connectivity index is 1.87. The monoisotopic (exact) mass is 335 g/mol. The molecule has 1 atom stereocenters. The SMILES string of the molecule is CC(C)(C)n1nc(C(=O)N2CCOCC2CC(=O)O)cc1C1CC1. The molecule has 0 spiro atoms. The summed E-state index contributed by atoms with van der Waals surface area (Å²) in [6, 6.07) is 1.45. The van der Waals surface area contributed by atoms with Crippen LogP contribution in [-0.2, 0) is 15.1 Å². The zero-order valence-electron chi connectivity index (χ0n) is 14.5. The molecule has 1 unspecified atom stereocenters. The van der Waals surface area contributed by atoms with Crippen molar-refractivity contribution >= 4 is 11.9 Å². The number of morpholine rings is 1. The minimum atomic E-state index is -0.929. The van der Waals surface area contributed by atoms with Gasteiger partial charge in [0.05, 0.1) is 31.2 Å². The van der Waals surface area contributed by atoms with Gasteiger partial charge in [-0.15, -0.1) is 0 Å². The van der Waals surface area contributed by atoms with Gasteiger partial charge in [0.1, 0.15) is 0 Å². The van der Waals surface area contributed by atoms with E-state index in [1.165, 1.54) is 0 Å². The van der Waals surface area contributed by atoms with Crippen molar-refractivity contribution in [3.63, 3.8) is 0 Å². The molecule has 3 rings (SSSR count). The van der Waals surface area contributed by atoms with Crippen molar-refractivity contribution in [2.75, 3.05) is 19.8 Å². The number of hydrogen-bond donors (Lipinski definition) is 1. The average molecular weight is 335 g/mol. The molecule has 1 saturated carbocycles. The highest BCUT2D eigenvalue weighted by atomic mass is 16.5. The second-order valence-corrected chi connectivity index (χ2v) is 7.64. The second-order valence-electron chi connectivity index (χ2n) is 7.64. The van der Waals surface area contributed by atoms with Gasteiger partial charge in [-0.1, -0.05) is 0 Å². The molecule has 1 saturated heterocycles. The Morgan fingerprint density at radius 1 is 1.38 bits per heavy atom. The minimum Gasteiger partial charge on any atom is -0.481 e. The first-order valence-electron chi connectivity index (χ1n) is 8.48. The summed E-state index contributed by atoms with van der Waals surface area (Å²) in [5.74, 6) is -0.644. The van der Waals surface area contributed by atoms with E-state index >= 15 is 0 Å². The van der Waals surface area contributed by atoms with Gasteiger partial charge >= 0.3 is 5.97 Å². The smallest absolute Gasteiger partial charge is 0.305 e. The van der Waals surface area contributed by atoms with Gasteiger partial charge in [-0.05, 0) is 39.7 Å². The molecule has 0 radical (unpaired) electrons. The zero-order chi connectivity index (χ0) is 17.5. The molecule has 7 nitrogen and oxygen atoms in total. The Labute approximate surface area is 141 Å². The van der Waals surface area contributed by atoms with Crippen LogP contribution < -0.4 is 0 Å². The summed E-state index contributed by atoms with van der Waals surface area (Å²) in [5, 5.41) is 13.6. The first-order chi connectivity index (χ1) is 11.3. The summed E-state index contributed by atoms with van der Waals surface area (Å²) in [5.41, 5.74) is 1.32. The summed E-state index contributed by atoms with van der Waals surface area (Å²) in [6.45, 7) is 7.30. The third-order valence-corrected chi connectivity index (χ3v) is 4.49. The van der Waals surface area contributed by atoms with Crippen molar-refractivity contribution < 1.29 is 19.4 Å². The number of nitrogens with zero attached hydrogens (tertiary/aromatic N) is 3. The molecule has 0 aromatic carbocycles. The van der Waals surface area contributed by atoms with E-state index in [4.69, 9.17) is 9.84 Å². The molecule has 2 aliphatic rings. The van der Waals surface area contributed by atoms with Crippen LogP contribution in [0.1, 0.15) is 62.1 Å². The Bertz CT molecular complexity index is 643. The number of carbonyl (C=O) groups is 2. The summed E-state index contributed by atoms with van der Waals surface area (Å²) >= 11 is 0. The van der Waals surface area contributed by atoms with E-state index in [9.17, 15) is 9.59 Å². The van der Waals surface area contributed by atoms with E-state index in [2.05, 4.69) is 25.9 Å². The molecule has 1 aliphatic heterocycles. The molecule has 2 heterocycles. The number of aromatic nitrogens is 2. The molecule has 132 valence electrons. The topological polar surface area (TPSA) is 84.7 Å². The van der Waals surface area contributed by atoms with Crippen LogP contribution in [0, 0.1) is 0 Å². The maximum atomic E-state index is 12.9. The van der Waals surface area contributed by atoms with Crippen LogP contribution in [0.15, 0.2) is 6.07 Å². The van der Waals surface area contributed by atoms with Crippen LogP contribution in [0.5, 0.6) is 0 Å². The Morgan fingerprint density at radius 3 is 2.67 bits per heavy atom. The lowest BCUT2D eigenvalue weighted by Crippen LogP contribution is -2.49. The number of carboxylic acid groups (broad SMARTS) is 1. The van der Waals surface area contributed by atoms with Crippen LogP contribution in [0.4, 0.5) is 0 Å². The van der Waals surface area contributed by atoms with Gasteiger partial charge < -0.3 is 14.7 Å². The maximum absolute atomic E-state index is 12.9. The predicted octanol–water partition coefficient (Wildman–Crippen LogP) is 1.83. The summed E-state index contributed by atoms with van der Waals surface area (Å²) < 4.78 is 7.30. The average Bonchev–Trinajstić information content (AvgIpc) is 3.23. The van der Waals surface area contributed by atoms with Crippen LogP contribution >= 0.6 is 0 Å². The number of hydrogen-bond acceptors (Lipinski definition) is 4. The first-order valence-corrected chi connectivity index (χ1v) is 8.48. The normalized spacial score (nSPS) is 21.8. The van der Waals surface area contributed by atoms with Crippen LogP contribution in [0.25, 0.3) is 0 Å². The highest BCUT2D eigenvalue weighted by Gasteiger charge is 2.35. The fraction of sp³-hybridized carbons (Fsp3) is 0.706. The largest absolute Gasteiger partial charge is 0.481 e. The summed E-state index contributed by atoms with van der Waals surface area (Å²) in [7, 11) is 0. The van der Waals surface area contributed by atoms with Gasteiger partial charge in [0, 0.05) is 18.2 Å². The fourth-order valence-corrected chi connectivity index (χ4v) is 3.15. The molecule has 2 fully saturated rings. The first kappa shape index (κ1) is 17.0. The third kappa shape index (κ3) is 3.45. The van der Waals surface area contributed by atoms with Gasteiger partial charge in [0.15, 0.2) is 5.69 Å². The van der Waals surface area contributed by atoms with E-state index in [0.717, 1.165) is 18.5 Å². The zero-order valence-corrected chi connectivity index (χ0v) is 14.5. The molecule has 1 aliphatic carbocycles. The number of amides is 1. The summed E-state index contributed by atoms with van der Waals surface area (Å²) in [6.07, 6.45) is 2.16. The van der Waals surface area contributed by atoms with Crippen molar-refractivity contribution in [3.8, 4) is 0 Å². The van der Waals surface area contributed by atoms with Gasteiger partial charge in [0.25, 0.3) is 5.91 Å². The van der Waals surface area contributed by atoms with E-state index in [1.54, 1.807) is 4.90 Å². The lowest BCUT2D eigenvalue weighted by Gasteiger charge is -2.34. The minimum absolute atomic E-state index is 0.110. The van der Waals surface area contributed by atoms with Gasteiger partial charge in [-0.3, -0.25) is 14.3 Å². The second kappa shape index (κ2) is 6.20. The number of carboxylic acids is 1. The van der Waals surface area contributed by atoms with Crippen molar-refractivity contribution in [2.45, 2.75) is 57.5 Å². The van der Waals surface area contributed by atoms with Crippen molar-refractivity contribution in [1.29, 1.82) is 0 Å². The Morgan fingerprint density at radius 2 is 2.08 bits per heavy atom. The highest BCUT2D eigenvalue weighted by Crippen LogP contribution is 2.41. The fourth-order valence-electron chi connectivity index (χ4n) is 3.15. The van der Waals surface area contributed by atoms with Crippen LogP contribution in [-0.4, -0.2) is 57.5 Å². The van der Waals surface area contributed by atoms with E-state index < -0.39 is 12.0 Å². The number of rotatable bonds is 4. The van der Waals surface area contributed by atoms with Crippen LogP contribution in [0.3, 0.4) is 0 Å². The van der Waals surface area contributed by atoms with Gasteiger partial charge in [-0.2, -0.15) is 5.10 Å². The molecular weight excluding hydrogens is 310 g/mol. The molecule has 0 bridgehead atoms. The highest BCUT2D eigenvalue weighted by molar-refractivity contribution is 5.93. The maximum Gasteiger partial charge on any atom is 0.305 e. The van der Waals surface area contributed by atoms with E-state index in [1.807, 2.05) is 10.7 Å². The molecule has 24 heavy (non-hydrogen) atoms. The molecule has 7 heteroatoms. The molecule has 1 N–H and O–H groups in total. The standard InChI is InChI=1S/C17H25N3O4/c1-17(2,3)20-14(11-4-5-11)9-13(18-20)16(23)19-6-7-24-10-12(19)8-15(21)22/h9,11-12H,4-8,10H2,1-3H3,(H,21,22). The van der Waals surface area contributed by atoms with E-state index in [-0.39, 0.29) is 24.5 Å². The molecular formula is C17H25N3O4. The van der Waals surface area contributed by atoms with Gasteiger partial charge in [-0.25, -0.2) is 0 Å². The molecule has 1 amide bonds. The molecule has 1 aromatic rings. The van der Waals surface area contributed by atoms with Crippen molar-refractivity contribution in [1.82, 2.24) is 14.7 Å². The lowest BCUT2D eigenvalue weighted by atomic mass is 10.1. The number of aliphatic carboxylic acids is 1. The van der Waals surface area contributed by atoms with Crippen molar-refractivity contribution in [3.05, 3.63) is 17.5 Å². The predicted molar refractivity (Wildman–Crippen MR) is 87.1 cm³/mol. The lowest BCUT2D eigenvalue weighted by molar-refractivity contribution is -0.139. The van der Waals surface area contributed by atoms with Crippen molar-refractivity contribution in [2.24, 2.45) is 0 Å². The Kier molecular flexibility index (Phi) is 4.38. The summed E-state index contributed by atoms with van der Waals surface area (Å²) in [4.78, 5) is 25.6.